The number of halogens is 2. The molecule has 18 heavy (non-hydrogen) atoms. The second-order valence-electron chi connectivity index (χ2n) is 4.26. The molecular formula is C13H17F2NO2. The molecule has 0 bridgehead atoms. The Morgan fingerprint density at radius 1 is 1.39 bits per heavy atom. The zero-order valence-electron chi connectivity index (χ0n) is 10.1. The number of rotatable bonds is 6. The van der Waals surface area contributed by atoms with Crippen molar-refractivity contribution in [3.05, 3.63) is 29.8 Å². The summed E-state index contributed by atoms with van der Waals surface area (Å²) in [5.41, 5.74) is 0. The molecule has 0 radical (unpaired) electrons. The number of ether oxygens (including phenoxy) is 2. The smallest absolute Gasteiger partial charge is 0.167 e. The van der Waals surface area contributed by atoms with Gasteiger partial charge in [-0.1, -0.05) is 0 Å². The maximum absolute atomic E-state index is 13.2. The van der Waals surface area contributed by atoms with Gasteiger partial charge in [-0.2, -0.15) is 0 Å². The Kier molecular flexibility index (Phi) is 4.90. The molecule has 1 N–H and O–H groups in total. The Bertz CT molecular complexity index is 381. The number of hydrogen-bond acceptors (Lipinski definition) is 3. The molecule has 0 saturated carbocycles. The summed E-state index contributed by atoms with van der Waals surface area (Å²) in [7, 11) is 0. The predicted octanol–water partition coefficient (Wildman–Crippen LogP) is 2.11. The molecule has 0 aromatic heterocycles. The molecule has 1 heterocycles. The third kappa shape index (κ3) is 3.92. The maximum Gasteiger partial charge on any atom is 0.167 e. The van der Waals surface area contributed by atoms with Gasteiger partial charge in [-0.05, 0) is 25.0 Å². The molecule has 2 rings (SSSR count). The van der Waals surface area contributed by atoms with Crippen molar-refractivity contribution in [2.24, 2.45) is 0 Å². The van der Waals surface area contributed by atoms with Crippen molar-refractivity contribution in [1.82, 2.24) is 5.32 Å². The van der Waals surface area contributed by atoms with E-state index in [9.17, 15) is 8.78 Å². The van der Waals surface area contributed by atoms with Crippen molar-refractivity contribution in [3.63, 3.8) is 0 Å². The van der Waals surface area contributed by atoms with E-state index in [1.54, 1.807) is 0 Å². The van der Waals surface area contributed by atoms with Crippen LogP contribution in [-0.2, 0) is 4.74 Å². The van der Waals surface area contributed by atoms with Crippen LogP contribution in [0.1, 0.15) is 12.8 Å². The first-order valence-electron chi connectivity index (χ1n) is 6.16. The van der Waals surface area contributed by atoms with Gasteiger partial charge in [-0.3, -0.25) is 0 Å². The third-order valence-corrected chi connectivity index (χ3v) is 2.83. The van der Waals surface area contributed by atoms with Gasteiger partial charge in [0.2, 0.25) is 0 Å². The van der Waals surface area contributed by atoms with E-state index in [-0.39, 0.29) is 11.9 Å². The zero-order valence-corrected chi connectivity index (χ0v) is 10.1. The second kappa shape index (κ2) is 6.66. The van der Waals surface area contributed by atoms with E-state index in [4.69, 9.17) is 9.47 Å². The van der Waals surface area contributed by atoms with Gasteiger partial charge >= 0.3 is 0 Å². The lowest BCUT2D eigenvalue weighted by Gasteiger charge is -2.11. The Hall–Kier alpha value is -1.20. The monoisotopic (exact) mass is 257 g/mol. The van der Waals surface area contributed by atoms with E-state index in [2.05, 4.69) is 5.32 Å². The molecule has 1 saturated heterocycles. The van der Waals surface area contributed by atoms with Crippen LogP contribution in [0.3, 0.4) is 0 Å². The van der Waals surface area contributed by atoms with E-state index in [0.717, 1.165) is 32.1 Å². The van der Waals surface area contributed by atoms with Crippen LogP contribution >= 0.6 is 0 Å². The van der Waals surface area contributed by atoms with Crippen LogP contribution in [0.4, 0.5) is 8.78 Å². The number of benzene rings is 1. The minimum absolute atomic E-state index is 0.0790. The topological polar surface area (TPSA) is 30.5 Å². The lowest BCUT2D eigenvalue weighted by Crippen LogP contribution is -2.29. The van der Waals surface area contributed by atoms with Gasteiger partial charge in [-0.15, -0.1) is 0 Å². The van der Waals surface area contributed by atoms with Gasteiger partial charge in [0.05, 0.1) is 6.10 Å². The average Bonchev–Trinajstić information content (AvgIpc) is 2.84. The molecule has 1 atom stereocenters. The van der Waals surface area contributed by atoms with E-state index in [0.29, 0.717) is 13.2 Å². The first kappa shape index (κ1) is 13.2. The highest BCUT2D eigenvalue weighted by molar-refractivity contribution is 5.24. The standard InChI is InChI=1S/C13H17F2NO2/c14-10-3-4-13(12(15)8-10)18-7-5-16-9-11-2-1-6-17-11/h3-4,8,11,16H,1-2,5-7,9H2. The highest BCUT2D eigenvalue weighted by Crippen LogP contribution is 2.17. The normalized spacial score (nSPS) is 19.1. The fraction of sp³-hybridized carbons (Fsp3) is 0.538. The lowest BCUT2D eigenvalue weighted by molar-refractivity contribution is 0.109. The quantitative estimate of drug-likeness (QED) is 0.792. The van der Waals surface area contributed by atoms with Crippen LogP contribution in [0.15, 0.2) is 18.2 Å². The Morgan fingerprint density at radius 3 is 3.00 bits per heavy atom. The van der Waals surface area contributed by atoms with Gasteiger partial charge in [0.25, 0.3) is 0 Å². The van der Waals surface area contributed by atoms with Gasteiger partial charge in [0, 0.05) is 25.8 Å². The molecule has 1 aliphatic rings. The van der Waals surface area contributed by atoms with Crippen molar-refractivity contribution >= 4 is 0 Å². The molecule has 1 unspecified atom stereocenters. The Labute approximate surface area is 105 Å². The summed E-state index contributed by atoms with van der Waals surface area (Å²) in [6.07, 6.45) is 2.48. The predicted molar refractivity (Wildman–Crippen MR) is 63.7 cm³/mol. The van der Waals surface area contributed by atoms with Crippen LogP contribution < -0.4 is 10.1 Å². The van der Waals surface area contributed by atoms with Gasteiger partial charge in [0.1, 0.15) is 12.4 Å². The summed E-state index contributed by atoms with van der Waals surface area (Å²) in [5, 5.41) is 3.18. The molecule has 1 fully saturated rings. The number of hydrogen-bond donors (Lipinski definition) is 1. The molecule has 5 heteroatoms. The van der Waals surface area contributed by atoms with Crippen LogP contribution in [0.2, 0.25) is 0 Å². The molecule has 3 nitrogen and oxygen atoms in total. The summed E-state index contributed by atoms with van der Waals surface area (Å²) in [6, 6.07) is 3.29. The van der Waals surface area contributed by atoms with E-state index >= 15 is 0 Å². The summed E-state index contributed by atoms with van der Waals surface area (Å²) in [4.78, 5) is 0. The fourth-order valence-corrected chi connectivity index (χ4v) is 1.89. The molecule has 0 aliphatic carbocycles. The SMILES string of the molecule is Fc1ccc(OCCNCC2CCCO2)c(F)c1. The minimum Gasteiger partial charge on any atom is -0.489 e. The first-order chi connectivity index (χ1) is 8.75. The van der Waals surface area contributed by atoms with Crippen molar-refractivity contribution in [3.8, 4) is 5.75 Å². The van der Waals surface area contributed by atoms with Crippen LogP contribution in [0.25, 0.3) is 0 Å². The van der Waals surface area contributed by atoms with Gasteiger partial charge in [-0.25, -0.2) is 8.78 Å². The van der Waals surface area contributed by atoms with Crippen LogP contribution in [0.5, 0.6) is 5.75 Å². The summed E-state index contributed by atoms with van der Waals surface area (Å²) in [5.74, 6) is -1.19. The van der Waals surface area contributed by atoms with Crippen LogP contribution in [0, 0.1) is 11.6 Å². The molecule has 1 aromatic rings. The molecule has 100 valence electrons. The van der Waals surface area contributed by atoms with E-state index in [1.165, 1.54) is 12.1 Å². The molecule has 0 spiro atoms. The highest BCUT2D eigenvalue weighted by Gasteiger charge is 2.14. The Balaban J connectivity index is 1.62. The van der Waals surface area contributed by atoms with Gasteiger partial charge < -0.3 is 14.8 Å². The number of nitrogens with one attached hydrogen (secondary N) is 1. The lowest BCUT2D eigenvalue weighted by atomic mass is 10.2. The van der Waals surface area contributed by atoms with Crippen LogP contribution in [-0.4, -0.2) is 32.4 Å². The van der Waals surface area contributed by atoms with Gasteiger partial charge in [0.15, 0.2) is 11.6 Å². The zero-order chi connectivity index (χ0) is 12.8. The molecule has 1 aliphatic heterocycles. The second-order valence-corrected chi connectivity index (χ2v) is 4.26. The van der Waals surface area contributed by atoms with Crippen molar-refractivity contribution in [1.29, 1.82) is 0 Å². The van der Waals surface area contributed by atoms with Crippen molar-refractivity contribution < 1.29 is 18.3 Å². The summed E-state index contributed by atoms with van der Waals surface area (Å²) >= 11 is 0. The van der Waals surface area contributed by atoms with Crippen molar-refractivity contribution in [2.75, 3.05) is 26.3 Å². The highest BCUT2D eigenvalue weighted by atomic mass is 19.1. The third-order valence-electron chi connectivity index (χ3n) is 2.83. The summed E-state index contributed by atoms with van der Waals surface area (Å²) in [6.45, 7) is 2.57. The first-order valence-corrected chi connectivity index (χ1v) is 6.16. The summed E-state index contributed by atoms with van der Waals surface area (Å²) < 4.78 is 36.5. The molecular weight excluding hydrogens is 240 g/mol. The van der Waals surface area contributed by atoms with E-state index < -0.39 is 11.6 Å². The Morgan fingerprint density at radius 2 is 2.28 bits per heavy atom. The maximum atomic E-state index is 13.2. The largest absolute Gasteiger partial charge is 0.489 e. The average molecular weight is 257 g/mol. The molecule has 0 amide bonds. The fourth-order valence-electron chi connectivity index (χ4n) is 1.89. The van der Waals surface area contributed by atoms with E-state index in [1.807, 2.05) is 0 Å². The minimum atomic E-state index is -0.672. The van der Waals surface area contributed by atoms with Crippen molar-refractivity contribution in [2.45, 2.75) is 18.9 Å². The molecule has 1 aromatic carbocycles.